The molecule has 0 saturated carbocycles. The van der Waals surface area contributed by atoms with Crippen LogP contribution in [0.3, 0.4) is 0 Å². The van der Waals surface area contributed by atoms with Crippen LogP contribution in [0.5, 0.6) is 6.01 Å². The standard InChI is InChI=1S/C21H31N3O3/c1-6-8-13-26-20(25)19(14-15(3)4)27-21-22-16(5)24(23-21)18-12-10-9-11-17(18)7-2/h9-12,15,19H,6-8,13-14H2,1-5H3. The third kappa shape index (κ3) is 5.81. The average Bonchev–Trinajstić information content (AvgIpc) is 3.01. The molecule has 1 aromatic heterocycles. The second kappa shape index (κ2) is 10.1. The van der Waals surface area contributed by atoms with Crippen LogP contribution in [0.4, 0.5) is 0 Å². The molecule has 2 rings (SSSR count). The van der Waals surface area contributed by atoms with Gasteiger partial charge in [0.1, 0.15) is 5.82 Å². The van der Waals surface area contributed by atoms with Crippen LogP contribution in [0, 0.1) is 12.8 Å². The number of carbonyl (C=O) groups is 1. The number of nitrogens with zero attached hydrogens (tertiary/aromatic N) is 3. The number of aromatic nitrogens is 3. The maximum atomic E-state index is 12.4. The molecule has 1 unspecified atom stereocenters. The number of rotatable bonds is 10. The van der Waals surface area contributed by atoms with Gasteiger partial charge in [-0.05, 0) is 43.7 Å². The van der Waals surface area contributed by atoms with E-state index in [-0.39, 0.29) is 17.9 Å². The van der Waals surface area contributed by atoms with Crippen LogP contribution in [0.25, 0.3) is 5.69 Å². The highest BCUT2D eigenvalue weighted by atomic mass is 16.6. The monoisotopic (exact) mass is 373 g/mol. The van der Waals surface area contributed by atoms with Gasteiger partial charge in [-0.1, -0.05) is 52.3 Å². The van der Waals surface area contributed by atoms with Crippen molar-refractivity contribution in [3.63, 3.8) is 0 Å². The average molecular weight is 373 g/mol. The molecule has 1 atom stereocenters. The van der Waals surface area contributed by atoms with Crippen molar-refractivity contribution < 1.29 is 14.3 Å². The Morgan fingerprint density at radius 1 is 1.22 bits per heavy atom. The first kappa shape index (κ1) is 20.9. The second-order valence-corrected chi connectivity index (χ2v) is 7.09. The lowest BCUT2D eigenvalue weighted by Gasteiger charge is -2.17. The summed E-state index contributed by atoms with van der Waals surface area (Å²) in [5.74, 6) is 0.659. The summed E-state index contributed by atoms with van der Waals surface area (Å²) in [6.45, 7) is 10.5. The fraction of sp³-hybridized carbons (Fsp3) is 0.571. The van der Waals surface area contributed by atoms with Crippen molar-refractivity contribution in [2.75, 3.05) is 6.61 Å². The number of carbonyl (C=O) groups excluding carboxylic acids is 1. The van der Waals surface area contributed by atoms with Crippen LogP contribution >= 0.6 is 0 Å². The Morgan fingerprint density at radius 2 is 1.96 bits per heavy atom. The summed E-state index contributed by atoms with van der Waals surface area (Å²) in [6, 6.07) is 8.27. The zero-order valence-electron chi connectivity index (χ0n) is 17.1. The first-order valence-electron chi connectivity index (χ1n) is 9.81. The van der Waals surface area contributed by atoms with E-state index in [1.54, 1.807) is 4.68 Å². The summed E-state index contributed by atoms with van der Waals surface area (Å²) >= 11 is 0. The van der Waals surface area contributed by atoms with Gasteiger partial charge in [-0.3, -0.25) is 0 Å². The number of hydrogen-bond acceptors (Lipinski definition) is 5. The van der Waals surface area contributed by atoms with E-state index < -0.39 is 6.10 Å². The maximum Gasteiger partial charge on any atom is 0.347 e. The normalized spacial score (nSPS) is 12.2. The summed E-state index contributed by atoms with van der Waals surface area (Å²) in [4.78, 5) is 16.8. The molecule has 0 spiro atoms. The van der Waals surface area contributed by atoms with E-state index in [1.165, 1.54) is 5.56 Å². The molecule has 0 aliphatic heterocycles. The van der Waals surface area contributed by atoms with Crippen LogP contribution in [0.1, 0.15) is 58.3 Å². The molecule has 148 valence electrons. The van der Waals surface area contributed by atoms with E-state index in [2.05, 4.69) is 30.0 Å². The molecule has 0 amide bonds. The van der Waals surface area contributed by atoms with Gasteiger partial charge in [0.05, 0.1) is 12.3 Å². The Hall–Kier alpha value is -2.37. The Labute approximate surface area is 161 Å². The third-order valence-electron chi connectivity index (χ3n) is 4.29. The van der Waals surface area contributed by atoms with Gasteiger partial charge in [0, 0.05) is 0 Å². The predicted octanol–water partition coefficient (Wildman–Crippen LogP) is 4.27. The number of esters is 1. The van der Waals surface area contributed by atoms with Crippen LogP contribution in [0.2, 0.25) is 0 Å². The smallest absolute Gasteiger partial charge is 0.347 e. The van der Waals surface area contributed by atoms with Gasteiger partial charge in [-0.2, -0.15) is 4.98 Å². The molecule has 1 heterocycles. The lowest BCUT2D eigenvalue weighted by molar-refractivity contribution is -0.153. The molecule has 2 aromatic rings. The quantitative estimate of drug-likeness (QED) is 0.459. The fourth-order valence-electron chi connectivity index (χ4n) is 2.82. The van der Waals surface area contributed by atoms with E-state index >= 15 is 0 Å². The molecule has 0 bridgehead atoms. The molecule has 6 heteroatoms. The predicted molar refractivity (Wildman–Crippen MR) is 105 cm³/mol. The topological polar surface area (TPSA) is 66.2 Å². The van der Waals surface area contributed by atoms with E-state index in [9.17, 15) is 4.79 Å². The van der Waals surface area contributed by atoms with Gasteiger partial charge >= 0.3 is 12.0 Å². The first-order chi connectivity index (χ1) is 13.0. The Morgan fingerprint density at radius 3 is 2.63 bits per heavy atom. The van der Waals surface area contributed by atoms with Crippen LogP contribution in [-0.4, -0.2) is 33.4 Å². The Balaban J connectivity index is 2.19. The van der Waals surface area contributed by atoms with E-state index in [1.807, 2.05) is 39.0 Å². The molecule has 1 aromatic carbocycles. The number of ether oxygens (including phenoxy) is 2. The van der Waals surface area contributed by atoms with Gasteiger partial charge in [-0.25, -0.2) is 9.48 Å². The summed E-state index contributed by atoms with van der Waals surface area (Å²) < 4.78 is 13.0. The van der Waals surface area contributed by atoms with Crippen molar-refractivity contribution in [3.8, 4) is 11.7 Å². The highest BCUT2D eigenvalue weighted by Crippen LogP contribution is 2.20. The van der Waals surface area contributed by atoms with E-state index in [0.29, 0.717) is 18.9 Å². The number of unbranched alkanes of at least 4 members (excludes halogenated alkanes) is 1. The molecule has 0 aliphatic rings. The molecular formula is C21H31N3O3. The molecule has 6 nitrogen and oxygen atoms in total. The number of hydrogen-bond donors (Lipinski definition) is 0. The molecular weight excluding hydrogens is 342 g/mol. The Bertz CT molecular complexity index is 740. The van der Waals surface area contributed by atoms with Crippen molar-refractivity contribution in [2.45, 2.75) is 66.4 Å². The summed E-state index contributed by atoms with van der Waals surface area (Å²) in [5, 5.41) is 4.49. The van der Waals surface area contributed by atoms with Gasteiger partial charge in [0.2, 0.25) is 0 Å². The number of aryl methyl sites for hydroxylation is 2. The lowest BCUT2D eigenvalue weighted by atomic mass is 10.1. The minimum absolute atomic E-state index is 0.205. The first-order valence-corrected chi connectivity index (χ1v) is 9.81. The van der Waals surface area contributed by atoms with Crippen molar-refractivity contribution in [3.05, 3.63) is 35.7 Å². The van der Waals surface area contributed by atoms with Crippen molar-refractivity contribution in [2.24, 2.45) is 5.92 Å². The van der Waals surface area contributed by atoms with Crippen molar-refractivity contribution in [1.29, 1.82) is 0 Å². The molecule has 0 aliphatic carbocycles. The SMILES string of the molecule is CCCCOC(=O)C(CC(C)C)Oc1nc(C)n(-c2ccccc2CC)n1. The van der Waals surface area contributed by atoms with Crippen LogP contribution in [-0.2, 0) is 16.0 Å². The summed E-state index contributed by atoms with van der Waals surface area (Å²) in [7, 11) is 0. The molecule has 0 saturated heterocycles. The highest BCUT2D eigenvalue weighted by Gasteiger charge is 2.25. The van der Waals surface area contributed by atoms with Gasteiger partial charge in [-0.15, -0.1) is 5.10 Å². The minimum atomic E-state index is -0.696. The molecule has 0 fully saturated rings. The summed E-state index contributed by atoms with van der Waals surface area (Å²) in [5.41, 5.74) is 2.15. The Kier molecular flexibility index (Phi) is 7.82. The van der Waals surface area contributed by atoms with E-state index in [0.717, 1.165) is 24.9 Å². The van der Waals surface area contributed by atoms with Gasteiger partial charge in [0.25, 0.3) is 0 Å². The third-order valence-corrected chi connectivity index (χ3v) is 4.29. The zero-order valence-corrected chi connectivity index (χ0v) is 17.1. The maximum absolute atomic E-state index is 12.4. The van der Waals surface area contributed by atoms with Gasteiger partial charge < -0.3 is 9.47 Å². The zero-order chi connectivity index (χ0) is 19.8. The molecule has 0 N–H and O–H groups in total. The number of benzene rings is 1. The van der Waals surface area contributed by atoms with Crippen LogP contribution < -0.4 is 4.74 Å². The highest BCUT2D eigenvalue weighted by molar-refractivity contribution is 5.75. The summed E-state index contributed by atoms with van der Waals surface area (Å²) in [6.07, 6.45) is 2.58. The van der Waals surface area contributed by atoms with Crippen molar-refractivity contribution in [1.82, 2.24) is 14.8 Å². The second-order valence-electron chi connectivity index (χ2n) is 7.09. The fourth-order valence-corrected chi connectivity index (χ4v) is 2.82. The molecule has 27 heavy (non-hydrogen) atoms. The number of para-hydroxylation sites is 1. The van der Waals surface area contributed by atoms with Crippen molar-refractivity contribution >= 4 is 5.97 Å². The van der Waals surface area contributed by atoms with Crippen LogP contribution in [0.15, 0.2) is 24.3 Å². The lowest BCUT2D eigenvalue weighted by Crippen LogP contribution is -2.31. The van der Waals surface area contributed by atoms with E-state index in [4.69, 9.17) is 9.47 Å². The largest absolute Gasteiger partial charge is 0.463 e. The minimum Gasteiger partial charge on any atom is -0.463 e. The molecule has 0 radical (unpaired) electrons. The van der Waals surface area contributed by atoms with Gasteiger partial charge in [0.15, 0.2) is 6.10 Å².